The highest BCUT2D eigenvalue weighted by Gasteiger charge is 2.25. The van der Waals surface area contributed by atoms with Gasteiger partial charge in [-0.3, -0.25) is 13.9 Å². The summed E-state index contributed by atoms with van der Waals surface area (Å²) in [6.45, 7) is -0.0995. The standard InChI is InChI=1S/C18H19ClN4O6/c1-21-15-14(16(25)22(2)18(21)28)23(9-20-15)8-11(24)7-13(17(26)27)29-12-5-3-10(19)4-6-12/h3-6,9,11,13,24H,7-8H2,1-2H3,(H,26,27). The summed E-state index contributed by atoms with van der Waals surface area (Å²) in [7, 11) is 2.83. The summed E-state index contributed by atoms with van der Waals surface area (Å²) in [5.41, 5.74) is -0.757. The van der Waals surface area contributed by atoms with Crippen molar-refractivity contribution in [1.29, 1.82) is 0 Å². The molecule has 2 unspecified atom stereocenters. The van der Waals surface area contributed by atoms with Gasteiger partial charge in [0.2, 0.25) is 0 Å². The molecule has 0 saturated carbocycles. The fraction of sp³-hybridized carbons (Fsp3) is 0.333. The lowest BCUT2D eigenvalue weighted by molar-refractivity contribution is -0.146. The Balaban J connectivity index is 1.81. The second kappa shape index (κ2) is 8.10. The number of carboxylic acid groups (broad SMARTS) is 1. The van der Waals surface area contributed by atoms with Gasteiger partial charge in [-0.2, -0.15) is 0 Å². The maximum Gasteiger partial charge on any atom is 0.344 e. The number of imidazole rings is 1. The van der Waals surface area contributed by atoms with Gasteiger partial charge < -0.3 is 19.5 Å². The third-order valence-electron chi connectivity index (χ3n) is 4.48. The highest BCUT2D eigenvalue weighted by molar-refractivity contribution is 6.30. The molecule has 3 aromatic rings. The number of carbonyl (C=O) groups is 1. The monoisotopic (exact) mass is 422 g/mol. The molecule has 3 rings (SSSR count). The molecule has 2 atom stereocenters. The van der Waals surface area contributed by atoms with E-state index in [1.165, 1.54) is 41.7 Å². The normalized spacial score (nSPS) is 13.4. The largest absolute Gasteiger partial charge is 0.479 e. The van der Waals surface area contributed by atoms with Crippen molar-refractivity contribution in [3.63, 3.8) is 0 Å². The van der Waals surface area contributed by atoms with Crippen molar-refractivity contribution in [1.82, 2.24) is 18.7 Å². The van der Waals surface area contributed by atoms with E-state index in [0.717, 1.165) is 4.57 Å². The van der Waals surface area contributed by atoms with Crippen molar-refractivity contribution in [2.45, 2.75) is 25.2 Å². The summed E-state index contributed by atoms with van der Waals surface area (Å²) in [5.74, 6) is -0.946. The van der Waals surface area contributed by atoms with Gasteiger partial charge in [0.15, 0.2) is 17.3 Å². The fourth-order valence-corrected chi connectivity index (χ4v) is 3.09. The molecule has 1 aromatic carbocycles. The first-order chi connectivity index (χ1) is 13.7. The van der Waals surface area contributed by atoms with Gasteiger partial charge in [-0.15, -0.1) is 0 Å². The van der Waals surface area contributed by atoms with Gasteiger partial charge in [-0.05, 0) is 24.3 Å². The quantitative estimate of drug-likeness (QED) is 0.562. The maximum atomic E-state index is 12.4. The van der Waals surface area contributed by atoms with E-state index in [4.69, 9.17) is 16.3 Å². The van der Waals surface area contributed by atoms with Crippen LogP contribution in [-0.2, 0) is 25.4 Å². The van der Waals surface area contributed by atoms with Crippen molar-refractivity contribution in [2.24, 2.45) is 14.1 Å². The van der Waals surface area contributed by atoms with Crippen molar-refractivity contribution in [3.8, 4) is 5.75 Å². The number of fused-ring (bicyclic) bond motifs is 1. The van der Waals surface area contributed by atoms with Crippen LogP contribution in [0, 0.1) is 0 Å². The van der Waals surface area contributed by atoms with Crippen molar-refractivity contribution >= 4 is 28.7 Å². The Kier molecular flexibility index (Phi) is 5.76. The van der Waals surface area contributed by atoms with E-state index in [1.807, 2.05) is 0 Å². The molecule has 0 spiro atoms. The number of hydrogen-bond acceptors (Lipinski definition) is 6. The Morgan fingerprint density at radius 3 is 2.48 bits per heavy atom. The molecule has 11 heteroatoms. The van der Waals surface area contributed by atoms with Crippen LogP contribution in [0.4, 0.5) is 0 Å². The molecular weight excluding hydrogens is 404 g/mol. The molecule has 2 N–H and O–H groups in total. The average molecular weight is 423 g/mol. The molecular formula is C18H19ClN4O6. The third-order valence-corrected chi connectivity index (χ3v) is 4.73. The molecule has 0 bridgehead atoms. The number of ether oxygens (including phenoxy) is 1. The second-order valence-corrected chi connectivity index (χ2v) is 7.00. The molecule has 0 aliphatic carbocycles. The van der Waals surface area contributed by atoms with E-state index in [2.05, 4.69) is 4.98 Å². The number of nitrogens with zero attached hydrogens (tertiary/aromatic N) is 4. The molecule has 0 radical (unpaired) electrons. The first-order valence-electron chi connectivity index (χ1n) is 8.63. The lowest BCUT2D eigenvalue weighted by atomic mass is 10.1. The molecule has 29 heavy (non-hydrogen) atoms. The van der Waals surface area contributed by atoms with Crippen molar-refractivity contribution in [2.75, 3.05) is 0 Å². The minimum absolute atomic E-state index is 0.0995. The Labute approximate surface area is 169 Å². The summed E-state index contributed by atoms with van der Waals surface area (Å²) >= 11 is 5.80. The van der Waals surface area contributed by atoms with Crippen LogP contribution in [0.25, 0.3) is 11.2 Å². The first kappa shape index (κ1) is 20.6. The van der Waals surface area contributed by atoms with Gasteiger partial charge in [0, 0.05) is 25.5 Å². The average Bonchev–Trinajstić information content (AvgIpc) is 3.09. The van der Waals surface area contributed by atoms with Crippen LogP contribution in [-0.4, -0.2) is 47.1 Å². The van der Waals surface area contributed by atoms with Gasteiger partial charge in [-0.25, -0.2) is 14.6 Å². The van der Waals surface area contributed by atoms with Gasteiger partial charge in [0.1, 0.15) is 5.75 Å². The van der Waals surface area contributed by atoms with E-state index in [-0.39, 0.29) is 24.1 Å². The van der Waals surface area contributed by atoms with Crippen LogP contribution in [0.1, 0.15) is 6.42 Å². The topological polar surface area (TPSA) is 129 Å². The number of rotatable bonds is 7. The number of aryl methyl sites for hydroxylation is 1. The van der Waals surface area contributed by atoms with Crippen LogP contribution in [0.5, 0.6) is 5.75 Å². The minimum atomic E-state index is -1.31. The van der Waals surface area contributed by atoms with Crippen LogP contribution in [0.15, 0.2) is 40.2 Å². The number of aromatic nitrogens is 4. The number of carboxylic acids is 1. The number of halogens is 1. The van der Waals surface area contributed by atoms with E-state index in [1.54, 1.807) is 12.1 Å². The molecule has 10 nitrogen and oxygen atoms in total. The van der Waals surface area contributed by atoms with E-state index < -0.39 is 29.4 Å². The van der Waals surface area contributed by atoms with Crippen LogP contribution in [0.3, 0.4) is 0 Å². The van der Waals surface area contributed by atoms with E-state index in [0.29, 0.717) is 10.8 Å². The number of aliphatic hydroxyl groups is 1. The lowest BCUT2D eigenvalue weighted by Gasteiger charge is -2.19. The van der Waals surface area contributed by atoms with Gasteiger partial charge >= 0.3 is 11.7 Å². The lowest BCUT2D eigenvalue weighted by Crippen LogP contribution is -2.38. The number of hydrogen-bond donors (Lipinski definition) is 2. The zero-order valence-corrected chi connectivity index (χ0v) is 16.4. The number of aliphatic hydroxyl groups excluding tert-OH is 1. The number of aliphatic carboxylic acids is 1. The van der Waals surface area contributed by atoms with Gasteiger partial charge in [-0.1, -0.05) is 11.6 Å². The molecule has 0 fully saturated rings. The summed E-state index contributed by atoms with van der Waals surface area (Å²) in [6, 6.07) is 6.17. The third kappa shape index (κ3) is 4.17. The molecule has 2 heterocycles. The van der Waals surface area contributed by atoms with Crippen molar-refractivity contribution < 1.29 is 19.7 Å². The summed E-state index contributed by atoms with van der Waals surface area (Å²) in [4.78, 5) is 40.0. The highest BCUT2D eigenvalue weighted by Crippen LogP contribution is 2.19. The van der Waals surface area contributed by atoms with E-state index >= 15 is 0 Å². The molecule has 0 aliphatic heterocycles. The zero-order valence-electron chi connectivity index (χ0n) is 15.6. The summed E-state index contributed by atoms with van der Waals surface area (Å²) in [5, 5.41) is 20.3. The summed E-state index contributed by atoms with van der Waals surface area (Å²) in [6.07, 6.45) is -1.37. The van der Waals surface area contributed by atoms with Gasteiger partial charge in [0.05, 0.1) is 19.0 Å². The first-order valence-corrected chi connectivity index (χ1v) is 9.00. The van der Waals surface area contributed by atoms with Crippen LogP contribution in [0.2, 0.25) is 5.02 Å². The Morgan fingerprint density at radius 1 is 1.21 bits per heavy atom. The molecule has 154 valence electrons. The molecule has 0 amide bonds. The van der Waals surface area contributed by atoms with Crippen LogP contribution >= 0.6 is 11.6 Å². The van der Waals surface area contributed by atoms with Crippen LogP contribution < -0.4 is 16.0 Å². The Hall–Kier alpha value is -3.11. The van der Waals surface area contributed by atoms with Crippen molar-refractivity contribution in [3.05, 3.63) is 56.5 Å². The maximum absolute atomic E-state index is 12.4. The predicted molar refractivity (Wildman–Crippen MR) is 104 cm³/mol. The fourth-order valence-electron chi connectivity index (χ4n) is 2.96. The molecule has 0 saturated heterocycles. The molecule has 2 aromatic heterocycles. The van der Waals surface area contributed by atoms with E-state index in [9.17, 15) is 24.6 Å². The Morgan fingerprint density at radius 2 is 1.86 bits per heavy atom. The number of benzene rings is 1. The Bertz CT molecular complexity index is 1160. The minimum Gasteiger partial charge on any atom is -0.479 e. The van der Waals surface area contributed by atoms with Gasteiger partial charge in [0.25, 0.3) is 5.56 Å². The molecule has 0 aliphatic rings. The summed E-state index contributed by atoms with van der Waals surface area (Å²) < 4.78 is 8.99. The smallest absolute Gasteiger partial charge is 0.344 e. The predicted octanol–water partition coefficient (Wildman–Crippen LogP) is 0.370. The zero-order chi connectivity index (χ0) is 21.3. The SMILES string of the molecule is Cn1c(=O)c2c(ncn2CC(O)CC(Oc2ccc(Cl)cc2)C(=O)O)n(C)c1=O. The second-order valence-electron chi connectivity index (χ2n) is 6.56. The highest BCUT2D eigenvalue weighted by atomic mass is 35.5.